The minimum Gasteiger partial charge on any atom is -0.456 e. The van der Waals surface area contributed by atoms with Crippen LogP contribution < -0.4 is 4.90 Å². The van der Waals surface area contributed by atoms with E-state index in [1.165, 1.54) is 38.4 Å². The Kier molecular flexibility index (Phi) is 6.17. The summed E-state index contributed by atoms with van der Waals surface area (Å²) in [6.07, 6.45) is 0. The van der Waals surface area contributed by atoms with Crippen LogP contribution in [0, 0.1) is 0 Å². The Balaban J connectivity index is 1.20. The van der Waals surface area contributed by atoms with Gasteiger partial charge in [-0.1, -0.05) is 121 Å². The highest BCUT2D eigenvalue weighted by Crippen LogP contribution is 2.43. The number of rotatable bonds is 5. The molecule has 2 nitrogen and oxygen atoms in total. The number of anilines is 3. The first-order chi connectivity index (χ1) is 22.8. The Morgan fingerprint density at radius 2 is 1.02 bits per heavy atom. The van der Waals surface area contributed by atoms with Gasteiger partial charge in [0.2, 0.25) is 0 Å². The lowest BCUT2D eigenvalue weighted by atomic mass is 9.99. The maximum absolute atomic E-state index is 6.28. The second-order valence-corrected chi connectivity index (χ2v) is 11.8. The fourth-order valence-corrected chi connectivity index (χ4v) is 6.72. The van der Waals surface area contributed by atoms with E-state index in [0.29, 0.717) is 0 Å². The highest BCUT2D eigenvalue weighted by atomic mass is 16.3. The lowest BCUT2D eigenvalue weighted by Crippen LogP contribution is -2.11. The predicted molar refractivity (Wildman–Crippen MR) is 194 cm³/mol. The summed E-state index contributed by atoms with van der Waals surface area (Å²) in [5, 5.41) is 7.12. The van der Waals surface area contributed by atoms with Crippen LogP contribution in [-0.2, 0) is 0 Å². The van der Waals surface area contributed by atoms with Gasteiger partial charge in [0.05, 0.1) is 5.69 Å². The molecule has 0 aliphatic carbocycles. The molecule has 0 saturated carbocycles. The van der Waals surface area contributed by atoms with Gasteiger partial charge in [0.15, 0.2) is 0 Å². The number of hydrogen-bond acceptors (Lipinski definition) is 2. The zero-order valence-electron chi connectivity index (χ0n) is 25.1. The molecule has 0 saturated heterocycles. The summed E-state index contributed by atoms with van der Waals surface area (Å²) in [6.45, 7) is 0. The molecular formula is C44H29NO. The number of nitrogens with zero attached hydrogens (tertiary/aromatic N) is 1. The van der Waals surface area contributed by atoms with Crippen molar-refractivity contribution in [2.75, 3.05) is 4.90 Å². The molecule has 1 heterocycles. The molecule has 9 rings (SSSR count). The lowest BCUT2D eigenvalue weighted by molar-refractivity contribution is 0.669. The van der Waals surface area contributed by atoms with Gasteiger partial charge in [0, 0.05) is 27.7 Å². The molecule has 0 amide bonds. The first kappa shape index (κ1) is 26.3. The Hall–Kier alpha value is -6.12. The summed E-state index contributed by atoms with van der Waals surface area (Å²) in [5.74, 6) is 0. The third-order valence-corrected chi connectivity index (χ3v) is 9.02. The molecule has 0 fully saturated rings. The van der Waals surface area contributed by atoms with Crippen molar-refractivity contribution in [3.8, 4) is 22.3 Å². The summed E-state index contributed by atoms with van der Waals surface area (Å²) in [4.78, 5) is 2.37. The lowest BCUT2D eigenvalue weighted by Gasteiger charge is -2.28. The molecule has 46 heavy (non-hydrogen) atoms. The molecule has 0 N–H and O–H groups in total. The van der Waals surface area contributed by atoms with E-state index in [0.717, 1.165) is 44.4 Å². The van der Waals surface area contributed by atoms with Crippen LogP contribution in [0.3, 0.4) is 0 Å². The molecular weight excluding hydrogens is 558 g/mol. The molecule has 8 aromatic carbocycles. The van der Waals surface area contributed by atoms with E-state index in [2.05, 4.69) is 169 Å². The minimum atomic E-state index is 0.904. The standard InChI is InChI=1S/C44H29NO/c1-2-11-32(12-3-1)39-14-6-8-16-42(39)45(37-23-20-31(21-24-37)34-19-18-30-10-4-5-13-33(30)26-34)38-25-22-35-28-41-40-15-7-9-17-43(40)46-44(41)29-36(35)27-38/h1-29H. The van der Waals surface area contributed by atoms with Crippen LogP contribution in [0.4, 0.5) is 17.1 Å². The summed E-state index contributed by atoms with van der Waals surface area (Å²) < 4.78 is 6.28. The van der Waals surface area contributed by atoms with Crippen LogP contribution in [-0.4, -0.2) is 0 Å². The van der Waals surface area contributed by atoms with Crippen LogP contribution in [0.5, 0.6) is 0 Å². The van der Waals surface area contributed by atoms with E-state index >= 15 is 0 Å². The van der Waals surface area contributed by atoms with Crippen molar-refractivity contribution < 1.29 is 4.42 Å². The Labute approximate surface area is 267 Å². The van der Waals surface area contributed by atoms with E-state index < -0.39 is 0 Å². The van der Waals surface area contributed by atoms with Gasteiger partial charge in [-0.15, -0.1) is 0 Å². The van der Waals surface area contributed by atoms with Crippen molar-refractivity contribution in [3.63, 3.8) is 0 Å². The number of furan rings is 1. The number of para-hydroxylation sites is 2. The van der Waals surface area contributed by atoms with Crippen molar-refractivity contribution in [1.29, 1.82) is 0 Å². The van der Waals surface area contributed by atoms with Crippen molar-refractivity contribution >= 4 is 60.5 Å². The maximum atomic E-state index is 6.28. The molecule has 0 aliphatic heterocycles. The van der Waals surface area contributed by atoms with E-state index in [-0.39, 0.29) is 0 Å². The molecule has 0 radical (unpaired) electrons. The van der Waals surface area contributed by atoms with Crippen molar-refractivity contribution in [2.45, 2.75) is 0 Å². The molecule has 0 aliphatic rings. The van der Waals surface area contributed by atoms with Crippen molar-refractivity contribution in [2.24, 2.45) is 0 Å². The molecule has 0 unspecified atom stereocenters. The fourth-order valence-electron chi connectivity index (χ4n) is 6.72. The summed E-state index contributed by atoms with van der Waals surface area (Å²) in [6, 6.07) is 62.9. The van der Waals surface area contributed by atoms with Gasteiger partial charge in [0.25, 0.3) is 0 Å². The number of hydrogen-bond donors (Lipinski definition) is 0. The third kappa shape index (κ3) is 4.51. The Bertz CT molecular complexity index is 2530. The van der Waals surface area contributed by atoms with Crippen LogP contribution >= 0.6 is 0 Å². The average Bonchev–Trinajstić information content (AvgIpc) is 3.49. The van der Waals surface area contributed by atoms with Gasteiger partial charge >= 0.3 is 0 Å². The van der Waals surface area contributed by atoms with Gasteiger partial charge in [-0.25, -0.2) is 0 Å². The first-order valence-electron chi connectivity index (χ1n) is 15.7. The average molecular weight is 588 g/mol. The van der Waals surface area contributed by atoms with E-state index in [9.17, 15) is 0 Å². The van der Waals surface area contributed by atoms with Gasteiger partial charge < -0.3 is 9.32 Å². The maximum Gasteiger partial charge on any atom is 0.136 e. The molecule has 9 aromatic rings. The highest BCUT2D eigenvalue weighted by Gasteiger charge is 2.18. The van der Waals surface area contributed by atoms with E-state index in [1.54, 1.807) is 0 Å². The smallest absolute Gasteiger partial charge is 0.136 e. The quantitative estimate of drug-likeness (QED) is 0.199. The van der Waals surface area contributed by atoms with Gasteiger partial charge in [0.1, 0.15) is 11.2 Å². The normalized spacial score (nSPS) is 11.5. The number of fused-ring (bicyclic) bond motifs is 5. The Morgan fingerprint density at radius 1 is 0.348 bits per heavy atom. The predicted octanol–water partition coefficient (Wildman–Crippen LogP) is 12.7. The van der Waals surface area contributed by atoms with Crippen LogP contribution in [0.1, 0.15) is 0 Å². The van der Waals surface area contributed by atoms with Gasteiger partial charge in [-0.2, -0.15) is 0 Å². The van der Waals surface area contributed by atoms with Gasteiger partial charge in [-0.3, -0.25) is 0 Å². The SMILES string of the molecule is c1ccc(-c2ccccc2N(c2ccc(-c3ccc4ccccc4c3)cc2)c2ccc3cc4c(cc3c2)oc2ccccc24)cc1. The summed E-state index contributed by atoms with van der Waals surface area (Å²) in [7, 11) is 0. The second kappa shape index (κ2) is 10.8. The topological polar surface area (TPSA) is 16.4 Å². The zero-order chi connectivity index (χ0) is 30.5. The third-order valence-electron chi connectivity index (χ3n) is 9.02. The molecule has 216 valence electrons. The monoisotopic (exact) mass is 587 g/mol. The van der Waals surface area contributed by atoms with Crippen LogP contribution in [0.25, 0.3) is 65.7 Å². The minimum absolute atomic E-state index is 0.904. The molecule has 1 aromatic heterocycles. The van der Waals surface area contributed by atoms with E-state index in [1.807, 2.05) is 12.1 Å². The largest absolute Gasteiger partial charge is 0.456 e. The Morgan fingerprint density at radius 3 is 1.91 bits per heavy atom. The molecule has 0 bridgehead atoms. The molecule has 2 heteroatoms. The van der Waals surface area contributed by atoms with Crippen molar-refractivity contribution in [1.82, 2.24) is 0 Å². The zero-order valence-corrected chi connectivity index (χ0v) is 25.1. The van der Waals surface area contributed by atoms with Gasteiger partial charge in [-0.05, 0) is 92.8 Å². The highest BCUT2D eigenvalue weighted by molar-refractivity contribution is 6.10. The van der Waals surface area contributed by atoms with Crippen molar-refractivity contribution in [3.05, 3.63) is 176 Å². The van der Waals surface area contributed by atoms with Crippen LogP contribution in [0.15, 0.2) is 180 Å². The van der Waals surface area contributed by atoms with Crippen LogP contribution in [0.2, 0.25) is 0 Å². The van der Waals surface area contributed by atoms with E-state index in [4.69, 9.17) is 4.42 Å². The first-order valence-corrected chi connectivity index (χ1v) is 15.7. The summed E-state index contributed by atoms with van der Waals surface area (Å²) in [5.41, 5.74) is 9.88. The number of benzene rings is 8. The molecule has 0 atom stereocenters. The second-order valence-electron chi connectivity index (χ2n) is 11.8. The fraction of sp³-hybridized carbons (Fsp3) is 0. The summed E-state index contributed by atoms with van der Waals surface area (Å²) >= 11 is 0. The molecule has 0 spiro atoms.